The Kier molecular flexibility index (Phi) is 5.88. The van der Waals surface area contributed by atoms with Crippen molar-refractivity contribution >= 4 is 11.8 Å². The normalized spacial score (nSPS) is 25.1. The fourth-order valence-electron chi connectivity index (χ4n) is 4.48. The van der Waals surface area contributed by atoms with Gasteiger partial charge in [0, 0.05) is 16.9 Å². The fraction of sp³-hybridized carbons (Fsp3) is 0.455. The van der Waals surface area contributed by atoms with E-state index < -0.39 is 5.60 Å². The molecule has 0 bridgehead atoms. The molecular formula is C22H29NOS. The van der Waals surface area contributed by atoms with Gasteiger partial charge in [0.2, 0.25) is 0 Å². The molecule has 1 fully saturated rings. The SMILES string of the molecule is CSc1ccccc1C1(O)CCCCC1C(c1ccccc1)N(C)C. The van der Waals surface area contributed by atoms with Crippen molar-refractivity contribution in [1.82, 2.24) is 4.90 Å². The summed E-state index contributed by atoms with van der Waals surface area (Å²) in [4.78, 5) is 3.47. The zero-order chi connectivity index (χ0) is 17.9. The lowest BCUT2D eigenvalue weighted by atomic mass is 9.67. The molecule has 1 saturated carbocycles. The Morgan fingerprint density at radius 1 is 1.04 bits per heavy atom. The summed E-state index contributed by atoms with van der Waals surface area (Å²) in [6.07, 6.45) is 6.26. The molecule has 2 nitrogen and oxygen atoms in total. The smallest absolute Gasteiger partial charge is 0.0953 e. The first kappa shape index (κ1) is 18.5. The van der Waals surface area contributed by atoms with Gasteiger partial charge >= 0.3 is 0 Å². The van der Waals surface area contributed by atoms with Crippen molar-refractivity contribution in [3.05, 3.63) is 65.7 Å². The van der Waals surface area contributed by atoms with E-state index in [1.165, 1.54) is 16.9 Å². The molecule has 0 aromatic heterocycles. The maximum absolute atomic E-state index is 12.0. The second-order valence-corrected chi connectivity index (χ2v) is 8.14. The van der Waals surface area contributed by atoms with Gasteiger partial charge in [0.25, 0.3) is 0 Å². The molecule has 1 N–H and O–H groups in total. The quantitative estimate of drug-likeness (QED) is 0.756. The summed E-state index contributed by atoms with van der Waals surface area (Å²) in [5.74, 6) is 0.187. The third-order valence-corrected chi connectivity index (χ3v) is 6.38. The van der Waals surface area contributed by atoms with Gasteiger partial charge in [-0.3, -0.25) is 0 Å². The molecule has 3 atom stereocenters. The highest BCUT2D eigenvalue weighted by molar-refractivity contribution is 7.98. The van der Waals surface area contributed by atoms with Crippen LogP contribution in [0.15, 0.2) is 59.5 Å². The first-order chi connectivity index (χ1) is 12.1. The van der Waals surface area contributed by atoms with E-state index in [9.17, 15) is 5.11 Å². The summed E-state index contributed by atoms with van der Waals surface area (Å²) in [5, 5.41) is 12.0. The van der Waals surface area contributed by atoms with Crippen LogP contribution in [0.3, 0.4) is 0 Å². The average Bonchev–Trinajstić information content (AvgIpc) is 2.64. The highest BCUT2D eigenvalue weighted by Gasteiger charge is 2.46. The van der Waals surface area contributed by atoms with Crippen molar-refractivity contribution < 1.29 is 5.11 Å². The van der Waals surface area contributed by atoms with Gasteiger partial charge in [-0.25, -0.2) is 0 Å². The lowest BCUT2D eigenvalue weighted by molar-refractivity contribution is -0.0856. The third kappa shape index (κ3) is 3.64. The van der Waals surface area contributed by atoms with Crippen LogP contribution in [0.2, 0.25) is 0 Å². The highest BCUT2D eigenvalue weighted by atomic mass is 32.2. The number of hydrogen-bond donors (Lipinski definition) is 1. The summed E-state index contributed by atoms with van der Waals surface area (Å²) in [5.41, 5.74) is 1.62. The first-order valence-corrected chi connectivity index (χ1v) is 10.4. The molecule has 2 aromatic rings. The largest absolute Gasteiger partial charge is 0.385 e. The van der Waals surface area contributed by atoms with Crippen molar-refractivity contribution in [1.29, 1.82) is 0 Å². The maximum Gasteiger partial charge on any atom is 0.0953 e. The molecule has 25 heavy (non-hydrogen) atoms. The molecule has 0 heterocycles. The van der Waals surface area contributed by atoms with Crippen LogP contribution in [-0.2, 0) is 5.60 Å². The molecule has 0 aliphatic heterocycles. The zero-order valence-corrected chi connectivity index (χ0v) is 16.3. The summed E-state index contributed by atoms with van der Waals surface area (Å²) >= 11 is 1.73. The molecule has 0 saturated heterocycles. The van der Waals surface area contributed by atoms with Crippen LogP contribution in [0, 0.1) is 5.92 Å². The Bertz CT molecular complexity index is 687. The van der Waals surface area contributed by atoms with Gasteiger partial charge in [-0.05, 0) is 50.4 Å². The van der Waals surface area contributed by atoms with E-state index in [2.05, 4.69) is 79.8 Å². The molecule has 3 unspecified atom stereocenters. The van der Waals surface area contributed by atoms with Crippen LogP contribution >= 0.6 is 11.8 Å². The summed E-state index contributed by atoms with van der Waals surface area (Å²) < 4.78 is 0. The number of nitrogens with zero attached hydrogens (tertiary/aromatic N) is 1. The fourth-order valence-corrected chi connectivity index (χ4v) is 5.16. The predicted molar refractivity (Wildman–Crippen MR) is 107 cm³/mol. The van der Waals surface area contributed by atoms with Crippen LogP contribution in [0.4, 0.5) is 0 Å². The van der Waals surface area contributed by atoms with E-state index in [0.717, 1.165) is 24.8 Å². The highest BCUT2D eigenvalue weighted by Crippen LogP contribution is 2.50. The van der Waals surface area contributed by atoms with Crippen LogP contribution in [-0.4, -0.2) is 30.4 Å². The summed E-state index contributed by atoms with van der Waals surface area (Å²) in [6, 6.07) is 19.3. The predicted octanol–water partition coefficient (Wildman–Crippen LogP) is 5.09. The Balaban J connectivity index is 2.08. The van der Waals surface area contributed by atoms with Gasteiger partial charge in [-0.15, -0.1) is 11.8 Å². The van der Waals surface area contributed by atoms with E-state index in [4.69, 9.17) is 0 Å². The van der Waals surface area contributed by atoms with Crippen LogP contribution in [0.1, 0.15) is 42.9 Å². The van der Waals surface area contributed by atoms with E-state index in [1.807, 2.05) is 0 Å². The number of hydrogen-bond acceptors (Lipinski definition) is 3. The Hall–Kier alpha value is -1.29. The van der Waals surface area contributed by atoms with Gasteiger partial charge in [-0.2, -0.15) is 0 Å². The topological polar surface area (TPSA) is 23.5 Å². The maximum atomic E-state index is 12.0. The second kappa shape index (κ2) is 7.94. The summed E-state index contributed by atoms with van der Waals surface area (Å²) in [7, 11) is 4.26. The molecule has 0 spiro atoms. The molecule has 0 amide bonds. The Morgan fingerprint density at radius 3 is 2.40 bits per heavy atom. The molecule has 2 aromatic carbocycles. The lowest BCUT2D eigenvalue weighted by Crippen LogP contribution is -2.45. The van der Waals surface area contributed by atoms with Crippen LogP contribution in [0.25, 0.3) is 0 Å². The first-order valence-electron chi connectivity index (χ1n) is 9.15. The molecule has 1 aliphatic carbocycles. The minimum Gasteiger partial charge on any atom is -0.385 e. The molecule has 3 heteroatoms. The van der Waals surface area contributed by atoms with Gasteiger partial charge in [0.15, 0.2) is 0 Å². The van der Waals surface area contributed by atoms with Crippen molar-refractivity contribution in [3.63, 3.8) is 0 Å². The van der Waals surface area contributed by atoms with E-state index in [1.54, 1.807) is 11.8 Å². The van der Waals surface area contributed by atoms with E-state index in [0.29, 0.717) is 0 Å². The zero-order valence-electron chi connectivity index (χ0n) is 15.5. The van der Waals surface area contributed by atoms with Crippen molar-refractivity contribution in [2.24, 2.45) is 5.92 Å². The molecule has 3 rings (SSSR count). The Morgan fingerprint density at radius 2 is 1.72 bits per heavy atom. The Labute approximate surface area is 156 Å². The van der Waals surface area contributed by atoms with E-state index >= 15 is 0 Å². The molecule has 134 valence electrons. The molecule has 1 aliphatic rings. The van der Waals surface area contributed by atoms with Gasteiger partial charge in [-0.1, -0.05) is 61.4 Å². The van der Waals surface area contributed by atoms with E-state index in [-0.39, 0.29) is 12.0 Å². The molecule has 0 radical (unpaired) electrons. The number of benzene rings is 2. The standard InChI is InChI=1S/C22H29NOS/c1-23(2)21(17-11-5-4-6-12-17)19-14-9-10-16-22(19,24)18-13-7-8-15-20(18)25-3/h4-8,11-13,15,19,21,24H,9-10,14,16H2,1-3H3. The minimum atomic E-state index is -0.775. The number of thioether (sulfide) groups is 1. The minimum absolute atomic E-state index is 0.187. The van der Waals surface area contributed by atoms with Crippen LogP contribution < -0.4 is 0 Å². The lowest BCUT2D eigenvalue weighted by Gasteiger charge is -2.47. The number of aliphatic hydroxyl groups is 1. The van der Waals surface area contributed by atoms with Crippen molar-refractivity contribution in [2.75, 3.05) is 20.4 Å². The van der Waals surface area contributed by atoms with Crippen LogP contribution in [0.5, 0.6) is 0 Å². The third-order valence-electron chi connectivity index (χ3n) is 5.59. The monoisotopic (exact) mass is 355 g/mol. The summed E-state index contributed by atoms with van der Waals surface area (Å²) in [6.45, 7) is 0. The van der Waals surface area contributed by atoms with Gasteiger partial charge in [0.1, 0.15) is 0 Å². The van der Waals surface area contributed by atoms with Crippen molar-refractivity contribution in [3.8, 4) is 0 Å². The van der Waals surface area contributed by atoms with Crippen molar-refractivity contribution in [2.45, 2.75) is 42.2 Å². The molecular weight excluding hydrogens is 326 g/mol. The van der Waals surface area contributed by atoms with Gasteiger partial charge in [0.05, 0.1) is 5.60 Å². The number of rotatable bonds is 5. The van der Waals surface area contributed by atoms with Gasteiger partial charge < -0.3 is 10.0 Å². The average molecular weight is 356 g/mol. The second-order valence-electron chi connectivity index (χ2n) is 7.30.